The highest BCUT2D eigenvalue weighted by Crippen LogP contribution is 2.26. The highest BCUT2D eigenvalue weighted by molar-refractivity contribution is 5.99. The van der Waals surface area contributed by atoms with Crippen molar-refractivity contribution in [3.05, 3.63) is 71.9 Å². The SMILES string of the molecule is CC(C)(C)C(=O)n1ccc2cccc(/C=C/c3ccccc3)c21. The largest absolute Gasteiger partial charge is 0.286 e. The topological polar surface area (TPSA) is 22.0 Å². The molecule has 0 radical (unpaired) electrons. The number of aromatic nitrogens is 1. The Kier molecular flexibility index (Phi) is 3.91. The van der Waals surface area contributed by atoms with Gasteiger partial charge in [0.1, 0.15) is 0 Å². The third kappa shape index (κ3) is 3.11. The van der Waals surface area contributed by atoms with Gasteiger partial charge < -0.3 is 0 Å². The Morgan fingerprint density at radius 1 is 0.913 bits per heavy atom. The second-order valence-electron chi connectivity index (χ2n) is 6.77. The van der Waals surface area contributed by atoms with E-state index in [2.05, 4.69) is 24.3 Å². The number of nitrogens with zero attached hydrogens (tertiary/aromatic N) is 1. The van der Waals surface area contributed by atoms with E-state index >= 15 is 0 Å². The van der Waals surface area contributed by atoms with E-state index in [-0.39, 0.29) is 5.91 Å². The van der Waals surface area contributed by atoms with Crippen molar-refractivity contribution in [2.45, 2.75) is 20.8 Å². The first-order valence-corrected chi connectivity index (χ1v) is 7.85. The number of hydrogen-bond donors (Lipinski definition) is 0. The van der Waals surface area contributed by atoms with Gasteiger partial charge in [-0.1, -0.05) is 81.5 Å². The number of benzene rings is 2. The van der Waals surface area contributed by atoms with Crippen LogP contribution < -0.4 is 0 Å². The van der Waals surface area contributed by atoms with E-state index in [4.69, 9.17) is 0 Å². The summed E-state index contributed by atoms with van der Waals surface area (Å²) in [5, 5.41) is 1.08. The average Bonchev–Trinajstić information content (AvgIpc) is 2.96. The molecule has 3 aromatic rings. The van der Waals surface area contributed by atoms with Gasteiger partial charge in [-0.15, -0.1) is 0 Å². The fourth-order valence-corrected chi connectivity index (χ4v) is 2.64. The summed E-state index contributed by atoms with van der Waals surface area (Å²) < 4.78 is 1.78. The van der Waals surface area contributed by atoms with Crippen molar-refractivity contribution < 1.29 is 4.79 Å². The predicted octanol–water partition coefficient (Wildman–Crippen LogP) is 5.50. The van der Waals surface area contributed by atoms with Crippen LogP contribution in [0.3, 0.4) is 0 Å². The zero-order valence-electron chi connectivity index (χ0n) is 13.8. The van der Waals surface area contributed by atoms with Crippen LogP contribution >= 0.6 is 0 Å². The van der Waals surface area contributed by atoms with E-state index in [1.807, 2.05) is 69.4 Å². The molecular weight excluding hydrogens is 282 g/mol. The summed E-state index contributed by atoms with van der Waals surface area (Å²) in [5.41, 5.74) is 2.75. The average molecular weight is 303 g/mol. The second-order valence-corrected chi connectivity index (χ2v) is 6.77. The van der Waals surface area contributed by atoms with Gasteiger partial charge in [-0.05, 0) is 17.2 Å². The van der Waals surface area contributed by atoms with Gasteiger partial charge in [0, 0.05) is 17.0 Å². The minimum Gasteiger partial charge on any atom is -0.286 e. The molecule has 0 aliphatic rings. The second kappa shape index (κ2) is 5.88. The minimum absolute atomic E-state index is 0.105. The molecule has 0 aliphatic carbocycles. The standard InChI is InChI=1S/C21H21NO/c1-21(2,3)20(23)22-15-14-18-11-7-10-17(19(18)22)13-12-16-8-5-4-6-9-16/h4-15H,1-3H3/b13-12+. The fourth-order valence-electron chi connectivity index (χ4n) is 2.64. The van der Waals surface area contributed by atoms with Gasteiger partial charge in [0.15, 0.2) is 0 Å². The number of fused-ring (bicyclic) bond motifs is 1. The molecule has 0 aliphatic heterocycles. The van der Waals surface area contributed by atoms with Crippen LogP contribution in [-0.2, 0) is 0 Å². The van der Waals surface area contributed by atoms with Gasteiger partial charge in [0.05, 0.1) is 5.52 Å². The molecule has 1 aromatic heterocycles. The lowest BCUT2D eigenvalue weighted by molar-refractivity contribution is 0.0772. The van der Waals surface area contributed by atoms with E-state index in [1.165, 1.54) is 0 Å². The van der Waals surface area contributed by atoms with Crippen LogP contribution in [-0.4, -0.2) is 10.5 Å². The first-order chi connectivity index (χ1) is 11.0. The van der Waals surface area contributed by atoms with E-state index in [9.17, 15) is 4.79 Å². The molecule has 0 N–H and O–H groups in total. The minimum atomic E-state index is -0.414. The summed E-state index contributed by atoms with van der Waals surface area (Å²) in [6.07, 6.45) is 6.02. The van der Waals surface area contributed by atoms with Crippen molar-refractivity contribution in [1.29, 1.82) is 0 Å². The molecule has 0 unspecified atom stereocenters. The summed E-state index contributed by atoms with van der Waals surface area (Å²) in [5.74, 6) is 0.105. The van der Waals surface area contributed by atoms with Crippen LogP contribution in [0.4, 0.5) is 0 Å². The Bertz CT molecular complexity index is 864. The molecule has 3 rings (SSSR count). The maximum Gasteiger partial charge on any atom is 0.236 e. The molecule has 2 heteroatoms. The quantitative estimate of drug-likeness (QED) is 0.573. The van der Waals surface area contributed by atoms with E-state index in [1.54, 1.807) is 4.57 Å². The first kappa shape index (κ1) is 15.3. The summed E-state index contributed by atoms with van der Waals surface area (Å²) in [4.78, 5) is 12.7. The molecule has 0 saturated carbocycles. The predicted molar refractivity (Wildman–Crippen MR) is 97.4 cm³/mol. The Morgan fingerprint density at radius 3 is 2.35 bits per heavy atom. The zero-order valence-corrected chi connectivity index (χ0v) is 13.8. The van der Waals surface area contributed by atoms with E-state index < -0.39 is 5.41 Å². The first-order valence-electron chi connectivity index (χ1n) is 7.85. The van der Waals surface area contributed by atoms with Crippen LogP contribution in [0, 0.1) is 5.41 Å². The molecule has 116 valence electrons. The third-order valence-corrected chi connectivity index (χ3v) is 3.86. The summed E-state index contributed by atoms with van der Waals surface area (Å²) >= 11 is 0. The van der Waals surface area contributed by atoms with Crippen LogP contribution in [0.25, 0.3) is 23.1 Å². The highest BCUT2D eigenvalue weighted by Gasteiger charge is 2.24. The Balaban J connectivity index is 2.09. The Labute approximate surface area is 137 Å². The molecular formula is C21H21NO. The van der Waals surface area contributed by atoms with Gasteiger partial charge in [-0.2, -0.15) is 0 Å². The highest BCUT2D eigenvalue weighted by atomic mass is 16.2. The van der Waals surface area contributed by atoms with Crippen LogP contribution in [0.15, 0.2) is 60.8 Å². The molecule has 0 bridgehead atoms. The maximum absolute atomic E-state index is 12.7. The van der Waals surface area contributed by atoms with Gasteiger partial charge in [0.2, 0.25) is 5.91 Å². The summed E-state index contributed by atoms with van der Waals surface area (Å²) in [6, 6.07) is 18.3. The summed E-state index contributed by atoms with van der Waals surface area (Å²) in [7, 11) is 0. The zero-order chi connectivity index (χ0) is 16.4. The number of carbonyl (C=O) groups excluding carboxylic acids is 1. The number of rotatable bonds is 2. The van der Waals surface area contributed by atoms with Crippen LogP contribution in [0.2, 0.25) is 0 Å². The lowest BCUT2D eigenvalue weighted by Gasteiger charge is -2.18. The van der Waals surface area contributed by atoms with Gasteiger partial charge >= 0.3 is 0 Å². The van der Waals surface area contributed by atoms with Gasteiger partial charge in [-0.3, -0.25) is 9.36 Å². The fraction of sp³-hybridized carbons (Fsp3) is 0.190. The smallest absolute Gasteiger partial charge is 0.236 e. The van der Waals surface area contributed by atoms with Crippen LogP contribution in [0.1, 0.15) is 36.7 Å². The Morgan fingerprint density at radius 2 is 1.65 bits per heavy atom. The molecule has 0 atom stereocenters. The number of hydrogen-bond acceptors (Lipinski definition) is 1. The normalized spacial score (nSPS) is 12.1. The Hall–Kier alpha value is -2.61. The third-order valence-electron chi connectivity index (χ3n) is 3.86. The maximum atomic E-state index is 12.7. The molecule has 0 fully saturated rings. The lowest BCUT2D eigenvalue weighted by Crippen LogP contribution is -2.26. The monoisotopic (exact) mass is 303 g/mol. The molecule has 1 heterocycles. The molecule has 2 aromatic carbocycles. The number of carbonyl (C=O) groups is 1. The number of para-hydroxylation sites is 1. The van der Waals surface area contributed by atoms with E-state index in [0.717, 1.165) is 22.0 Å². The molecule has 23 heavy (non-hydrogen) atoms. The molecule has 0 spiro atoms. The van der Waals surface area contributed by atoms with Gasteiger partial charge in [-0.25, -0.2) is 0 Å². The van der Waals surface area contributed by atoms with Crippen LogP contribution in [0.5, 0.6) is 0 Å². The lowest BCUT2D eigenvalue weighted by atomic mass is 9.95. The van der Waals surface area contributed by atoms with Crippen molar-refractivity contribution in [2.75, 3.05) is 0 Å². The van der Waals surface area contributed by atoms with Crippen molar-refractivity contribution in [3.63, 3.8) is 0 Å². The van der Waals surface area contributed by atoms with Gasteiger partial charge in [0.25, 0.3) is 0 Å². The molecule has 0 amide bonds. The molecule has 0 saturated heterocycles. The molecule has 2 nitrogen and oxygen atoms in total. The van der Waals surface area contributed by atoms with Crippen molar-refractivity contribution >= 4 is 29.0 Å². The van der Waals surface area contributed by atoms with Crippen molar-refractivity contribution in [1.82, 2.24) is 4.57 Å². The van der Waals surface area contributed by atoms with Crippen molar-refractivity contribution in [2.24, 2.45) is 5.41 Å². The van der Waals surface area contributed by atoms with Crippen molar-refractivity contribution in [3.8, 4) is 0 Å². The summed E-state index contributed by atoms with van der Waals surface area (Å²) in [6.45, 7) is 5.84. The van der Waals surface area contributed by atoms with E-state index in [0.29, 0.717) is 0 Å².